The summed E-state index contributed by atoms with van der Waals surface area (Å²) in [7, 11) is 0. The molecule has 2 aromatic heterocycles. The summed E-state index contributed by atoms with van der Waals surface area (Å²) in [4.78, 5) is 34.1. The summed E-state index contributed by atoms with van der Waals surface area (Å²) in [5, 5.41) is 7.49. The minimum atomic E-state index is -0.663. The number of hydrogen-bond acceptors (Lipinski definition) is 7. The van der Waals surface area contributed by atoms with Crippen LogP contribution in [0.4, 0.5) is 5.82 Å². The third-order valence-electron chi connectivity index (χ3n) is 2.33. The van der Waals surface area contributed by atoms with Crippen molar-refractivity contribution in [2.24, 2.45) is 0 Å². The summed E-state index contributed by atoms with van der Waals surface area (Å²) in [6.07, 6.45) is 1.30. The lowest BCUT2D eigenvalue weighted by atomic mass is 10.5. The molecule has 0 unspecified atom stereocenters. The van der Waals surface area contributed by atoms with Crippen LogP contribution in [0.2, 0.25) is 0 Å². The smallest absolute Gasteiger partial charge is 0.326 e. The fraction of sp³-hybridized carbons (Fsp3) is 0.273. The predicted molar refractivity (Wildman–Crippen MR) is 69.4 cm³/mol. The van der Waals surface area contributed by atoms with E-state index in [2.05, 4.69) is 15.0 Å². The van der Waals surface area contributed by atoms with Crippen LogP contribution in [0, 0.1) is 6.92 Å². The zero-order valence-electron chi connectivity index (χ0n) is 10.5. The van der Waals surface area contributed by atoms with Crippen LogP contribution in [0.5, 0.6) is 0 Å². The van der Waals surface area contributed by atoms with E-state index in [0.29, 0.717) is 5.69 Å². The Morgan fingerprint density at radius 1 is 1.55 bits per heavy atom. The lowest BCUT2D eigenvalue weighted by molar-refractivity contribution is -0.147. The normalized spacial score (nSPS) is 10.2. The van der Waals surface area contributed by atoms with Gasteiger partial charge in [-0.2, -0.15) is 0 Å². The van der Waals surface area contributed by atoms with Gasteiger partial charge in [-0.1, -0.05) is 16.5 Å². The molecule has 8 nitrogen and oxygen atoms in total. The van der Waals surface area contributed by atoms with Gasteiger partial charge in [0, 0.05) is 17.1 Å². The number of carbonyl (C=O) groups is 2. The molecule has 0 spiro atoms. The number of aryl methyl sites for hydroxylation is 1. The number of nitrogens with zero attached hydrogens (tertiary/aromatic N) is 2. The van der Waals surface area contributed by atoms with Gasteiger partial charge >= 0.3 is 10.8 Å². The topological polar surface area (TPSA) is 103 Å². The van der Waals surface area contributed by atoms with Crippen molar-refractivity contribution in [1.82, 2.24) is 9.72 Å². The Kier molecular flexibility index (Phi) is 4.31. The first-order valence-corrected chi connectivity index (χ1v) is 6.45. The van der Waals surface area contributed by atoms with E-state index >= 15 is 0 Å². The van der Waals surface area contributed by atoms with Crippen LogP contribution >= 0.6 is 11.3 Å². The van der Waals surface area contributed by atoms with Crippen LogP contribution in [-0.2, 0) is 20.9 Å². The molecule has 2 aromatic rings. The molecule has 20 heavy (non-hydrogen) atoms. The quantitative estimate of drug-likeness (QED) is 0.801. The fourth-order valence-corrected chi connectivity index (χ4v) is 2.11. The minimum absolute atomic E-state index is 0.217. The van der Waals surface area contributed by atoms with Gasteiger partial charge in [-0.3, -0.25) is 19.0 Å². The zero-order valence-corrected chi connectivity index (χ0v) is 11.3. The number of thiazole rings is 1. The average Bonchev–Trinajstić information content (AvgIpc) is 3.01. The molecule has 0 aliphatic carbocycles. The Balaban J connectivity index is 1.81. The van der Waals surface area contributed by atoms with E-state index in [0.717, 1.165) is 11.3 Å². The molecule has 0 bridgehead atoms. The van der Waals surface area contributed by atoms with Crippen LogP contribution in [0.25, 0.3) is 0 Å². The SMILES string of the molecule is Cc1csc(=O)n1CC(=O)OCC(=O)Nc1ccon1. The maximum absolute atomic E-state index is 11.5. The first-order valence-electron chi connectivity index (χ1n) is 5.57. The molecular weight excluding hydrogens is 286 g/mol. The standard InChI is InChI=1S/C11H11N3O5S/c1-7-6-20-11(17)14(7)4-10(16)18-5-9(15)12-8-2-3-19-13-8/h2-3,6H,4-5H2,1H3,(H,12,13,15). The van der Waals surface area contributed by atoms with Gasteiger partial charge in [-0.15, -0.1) is 0 Å². The van der Waals surface area contributed by atoms with Crippen molar-refractivity contribution < 1.29 is 18.8 Å². The highest BCUT2D eigenvalue weighted by Gasteiger charge is 2.12. The van der Waals surface area contributed by atoms with Gasteiger partial charge in [0.25, 0.3) is 5.91 Å². The number of ether oxygens (including phenoxy) is 1. The first-order chi connectivity index (χ1) is 9.56. The van der Waals surface area contributed by atoms with E-state index in [1.54, 1.807) is 12.3 Å². The van der Waals surface area contributed by atoms with Crippen molar-refractivity contribution in [3.05, 3.63) is 33.1 Å². The first kappa shape index (κ1) is 14.0. The Hall–Kier alpha value is -2.42. The van der Waals surface area contributed by atoms with Crippen molar-refractivity contribution in [3.63, 3.8) is 0 Å². The van der Waals surface area contributed by atoms with Crippen LogP contribution < -0.4 is 10.2 Å². The zero-order chi connectivity index (χ0) is 14.5. The highest BCUT2D eigenvalue weighted by Crippen LogP contribution is 2.01. The van der Waals surface area contributed by atoms with Crippen molar-refractivity contribution >= 4 is 29.0 Å². The van der Waals surface area contributed by atoms with E-state index in [9.17, 15) is 14.4 Å². The van der Waals surface area contributed by atoms with Gasteiger partial charge in [-0.25, -0.2) is 0 Å². The molecule has 0 radical (unpaired) electrons. The number of nitrogens with one attached hydrogen (secondary N) is 1. The molecule has 0 atom stereocenters. The van der Waals surface area contributed by atoms with E-state index in [1.165, 1.54) is 16.9 Å². The Bertz CT molecular complexity index is 658. The van der Waals surface area contributed by atoms with Gasteiger partial charge in [0.1, 0.15) is 12.8 Å². The van der Waals surface area contributed by atoms with Gasteiger partial charge in [0.2, 0.25) is 0 Å². The third-order valence-corrected chi connectivity index (χ3v) is 3.21. The Morgan fingerprint density at radius 2 is 2.35 bits per heavy atom. The summed E-state index contributed by atoms with van der Waals surface area (Å²) in [5.74, 6) is -0.971. The second-order valence-corrected chi connectivity index (χ2v) is 4.64. The third kappa shape index (κ3) is 3.54. The lowest BCUT2D eigenvalue weighted by Gasteiger charge is -2.05. The second-order valence-electron chi connectivity index (χ2n) is 3.82. The van der Waals surface area contributed by atoms with E-state index in [1.807, 2.05) is 0 Å². The second kappa shape index (κ2) is 6.15. The van der Waals surface area contributed by atoms with E-state index in [4.69, 9.17) is 4.74 Å². The number of esters is 1. The van der Waals surface area contributed by atoms with Crippen LogP contribution in [0.1, 0.15) is 5.69 Å². The summed E-state index contributed by atoms with van der Waals surface area (Å²) >= 11 is 1.00. The molecule has 2 heterocycles. The molecule has 106 valence electrons. The Morgan fingerprint density at radius 3 is 2.95 bits per heavy atom. The molecule has 0 aliphatic heterocycles. The van der Waals surface area contributed by atoms with Gasteiger partial charge in [0.05, 0.1) is 0 Å². The van der Waals surface area contributed by atoms with E-state index in [-0.39, 0.29) is 17.2 Å². The number of amides is 1. The minimum Gasteiger partial charge on any atom is -0.454 e. The van der Waals surface area contributed by atoms with Crippen molar-refractivity contribution in [2.45, 2.75) is 13.5 Å². The molecule has 0 fully saturated rings. The van der Waals surface area contributed by atoms with Gasteiger partial charge in [0.15, 0.2) is 12.4 Å². The van der Waals surface area contributed by atoms with Gasteiger partial charge < -0.3 is 14.6 Å². The summed E-state index contributed by atoms with van der Waals surface area (Å²) in [6, 6.07) is 1.45. The molecule has 1 amide bonds. The van der Waals surface area contributed by atoms with E-state index < -0.39 is 18.5 Å². The molecular formula is C11H11N3O5S. The van der Waals surface area contributed by atoms with Crippen molar-refractivity contribution in [3.8, 4) is 0 Å². The van der Waals surface area contributed by atoms with Crippen LogP contribution in [0.3, 0.4) is 0 Å². The number of carbonyl (C=O) groups excluding carboxylic acids is 2. The lowest BCUT2D eigenvalue weighted by Crippen LogP contribution is -2.26. The molecule has 0 saturated carbocycles. The number of rotatable bonds is 5. The predicted octanol–water partition coefficient (Wildman–Crippen LogP) is 0.388. The molecule has 0 aliphatic rings. The molecule has 0 aromatic carbocycles. The highest BCUT2D eigenvalue weighted by atomic mass is 32.1. The highest BCUT2D eigenvalue weighted by molar-refractivity contribution is 7.07. The van der Waals surface area contributed by atoms with Crippen LogP contribution in [0.15, 0.2) is 27.0 Å². The molecule has 2 rings (SSSR count). The number of hydrogen-bond donors (Lipinski definition) is 1. The molecule has 9 heteroatoms. The largest absolute Gasteiger partial charge is 0.454 e. The maximum Gasteiger partial charge on any atom is 0.326 e. The van der Waals surface area contributed by atoms with Crippen molar-refractivity contribution in [1.29, 1.82) is 0 Å². The average molecular weight is 297 g/mol. The number of anilines is 1. The Labute approximate surface area is 116 Å². The van der Waals surface area contributed by atoms with Gasteiger partial charge in [-0.05, 0) is 6.92 Å². The summed E-state index contributed by atoms with van der Waals surface area (Å²) in [6.45, 7) is 1.04. The number of aromatic nitrogens is 2. The fourth-order valence-electron chi connectivity index (χ4n) is 1.37. The molecule has 1 N–H and O–H groups in total. The summed E-state index contributed by atoms with van der Waals surface area (Å²) in [5.41, 5.74) is 0.670. The van der Waals surface area contributed by atoms with Crippen molar-refractivity contribution in [2.75, 3.05) is 11.9 Å². The monoisotopic (exact) mass is 297 g/mol. The molecule has 0 saturated heterocycles. The summed E-state index contributed by atoms with van der Waals surface area (Å²) < 4.78 is 10.6. The maximum atomic E-state index is 11.5. The van der Waals surface area contributed by atoms with Crippen LogP contribution in [-0.4, -0.2) is 28.2 Å².